The Morgan fingerprint density at radius 1 is 1.07 bits per heavy atom. The number of fused-ring (bicyclic) bond motifs is 1. The van der Waals surface area contributed by atoms with Crippen molar-refractivity contribution in [2.45, 2.75) is 56.0 Å². The van der Waals surface area contributed by atoms with Gasteiger partial charge >= 0.3 is 12.1 Å². The van der Waals surface area contributed by atoms with Crippen LogP contribution in [0.2, 0.25) is 0 Å². The topological polar surface area (TPSA) is 53.4 Å². The van der Waals surface area contributed by atoms with Gasteiger partial charge in [0.05, 0.1) is 11.5 Å². The summed E-state index contributed by atoms with van der Waals surface area (Å²) in [5.74, 6) is -1.25. The Balaban J connectivity index is 1.48. The highest BCUT2D eigenvalue weighted by molar-refractivity contribution is 7.97. The van der Waals surface area contributed by atoms with Crippen LogP contribution in [-0.4, -0.2) is 33.5 Å². The van der Waals surface area contributed by atoms with E-state index in [1.807, 2.05) is 50.4 Å². The van der Waals surface area contributed by atoms with Crippen molar-refractivity contribution in [1.82, 2.24) is 9.29 Å². The maximum absolute atomic E-state index is 13.2. The molecule has 0 spiro atoms. The van der Waals surface area contributed by atoms with Gasteiger partial charge in [0.2, 0.25) is 0 Å². The summed E-state index contributed by atoms with van der Waals surface area (Å²) >= 11 is 1.73. The molecule has 0 saturated carbocycles. The van der Waals surface area contributed by atoms with Gasteiger partial charge in [-0.3, -0.25) is 9.78 Å². The van der Waals surface area contributed by atoms with E-state index in [1.54, 1.807) is 18.1 Å². The van der Waals surface area contributed by atoms with E-state index < -0.39 is 23.6 Å². The number of pyridine rings is 1. The van der Waals surface area contributed by atoms with E-state index in [9.17, 15) is 23.1 Å². The van der Waals surface area contributed by atoms with Gasteiger partial charge in [0, 0.05) is 35.8 Å². The number of hydrogen-bond donors (Lipinski definition) is 1. The van der Waals surface area contributed by atoms with E-state index in [0.717, 1.165) is 64.9 Å². The first kappa shape index (κ1) is 29.1. The first-order valence-electron chi connectivity index (χ1n) is 13.9. The van der Waals surface area contributed by atoms with E-state index in [1.165, 1.54) is 12.1 Å². The SMILES string of the molecule is CC(C)CC(C(=O)O)c1cc(-c2ccc(C(F)(F)F)cc2)cc(C2CCCN(Sc3cccc4cnccc34)C2)c1. The van der Waals surface area contributed by atoms with Crippen LogP contribution in [0.1, 0.15) is 61.6 Å². The van der Waals surface area contributed by atoms with Crippen LogP contribution in [0.3, 0.4) is 0 Å². The summed E-state index contributed by atoms with van der Waals surface area (Å²) < 4.78 is 42.0. The van der Waals surface area contributed by atoms with E-state index >= 15 is 0 Å². The first-order chi connectivity index (χ1) is 19.6. The van der Waals surface area contributed by atoms with E-state index in [2.05, 4.69) is 21.4 Å². The summed E-state index contributed by atoms with van der Waals surface area (Å²) in [6.45, 7) is 5.70. The highest BCUT2D eigenvalue weighted by atomic mass is 32.2. The molecule has 2 atom stereocenters. The van der Waals surface area contributed by atoms with Crippen molar-refractivity contribution in [3.8, 4) is 11.1 Å². The zero-order chi connectivity index (χ0) is 29.1. The molecule has 8 heteroatoms. The average molecular weight is 579 g/mol. The largest absolute Gasteiger partial charge is 0.481 e. The number of benzene rings is 3. The number of rotatable bonds is 8. The van der Waals surface area contributed by atoms with Gasteiger partial charge in [-0.15, -0.1) is 0 Å². The summed E-state index contributed by atoms with van der Waals surface area (Å²) in [5, 5.41) is 12.4. The molecule has 0 bridgehead atoms. The van der Waals surface area contributed by atoms with Crippen LogP contribution in [0, 0.1) is 5.92 Å². The molecule has 0 radical (unpaired) electrons. The normalized spacial score (nSPS) is 17.2. The van der Waals surface area contributed by atoms with E-state index in [0.29, 0.717) is 17.5 Å². The van der Waals surface area contributed by atoms with Gasteiger partial charge in [-0.1, -0.05) is 56.3 Å². The van der Waals surface area contributed by atoms with Gasteiger partial charge in [0.25, 0.3) is 0 Å². The number of piperidine rings is 1. The lowest BCUT2D eigenvalue weighted by atomic mass is 9.83. The van der Waals surface area contributed by atoms with Crippen LogP contribution in [0.5, 0.6) is 0 Å². The molecule has 41 heavy (non-hydrogen) atoms. The molecule has 1 fully saturated rings. The highest BCUT2D eigenvalue weighted by Gasteiger charge is 2.30. The van der Waals surface area contributed by atoms with E-state index in [4.69, 9.17) is 0 Å². The standard InChI is InChI=1S/C33H33F3N2O2S/c1-21(2)15-30(32(39)40)27-17-25(22-8-10-28(11-9-22)33(34,35)36)16-26(18-27)24-6-4-14-38(20-24)41-31-7-3-5-23-19-37-13-12-29(23)31/h3,5,7-13,16-19,21,24,30H,4,6,14-15,20H2,1-2H3,(H,39,40). The Morgan fingerprint density at radius 2 is 1.85 bits per heavy atom. The van der Waals surface area contributed by atoms with Crippen LogP contribution < -0.4 is 0 Å². The molecule has 2 heterocycles. The van der Waals surface area contributed by atoms with Gasteiger partial charge in [0.15, 0.2) is 0 Å². The monoisotopic (exact) mass is 578 g/mol. The fraction of sp³-hybridized carbons (Fsp3) is 0.333. The third kappa shape index (κ3) is 6.93. The van der Waals surface area contributed by atoms with Crippen molar-refractivity contribution in [3.05, 3.63) is 95.8 Å². The first-order valence-corrected chi connectivity index (χ1v) is 14.7. The molecule has 3 aromatic carbocycles. The predicted octanol–water partition coefficient (Wildman–Crippen LogP) is 9.02. The lowest BCUT2D eigenvalue weighted by molar-refractivity contribution is -0.139. The van der Waals surface area contributed by atoms with Crippen molar-refractivity contribution >= 4 is 28.7 Å². The molecule has 1 aliphatic rings. The Hall–Kier alpha value is -3.36. The molecule has 1 saturated heterocycles. The third-order valence-electron chi connectivity index (χ3n) is 7.65. The molecule has 1 aromatic heterocycles. The van der Waals surface area contributed by atoms with Gasteiger partial charge in [-0.2, -0.15) is 13.2 Å². The maximum Gasteiger partial charge on any atom is 0.416 e. The fourth-order valence-electron chi connectivity index (χ4n) is 5.59. The predicted molar refractivity (Wildman–Crippen MR) is 158 cm³/mol. The minimum absolute atomic E-state index is 0.162. The molecule has 4 aromatic rings. The Labute approximate surface area is 242 Å². The van der Waals surface area contributed by atoms with Crippen molar-refractivity contribution in [1.29, 1.82) is 0 Å². The average Bonchev–Trinajstić information content (AvgIpc) is 2.95. The Kier molecular flexibility index (Phi) is 8.71. The zero-order valence-electron chi connectivity index (χ0n) is 23.1. The summed E-state index contributed by atoms with van der Waals surface area (Å²) in [6.07, 6.45) is 1.67. The zero-order valence-corrected chi connectivity index (χ0v) is 23.9. The number of carbonyl (C=O) groups is 1. The number of halogens is 3. The van der Waals surface area contributed by atoms with Crippen LogP contribution >= 0.6 is 11.9 Å². The van der Waals surface area contributed by atoms with Gasteiger partial charge in [-0.25, -0.2) is 4.31 Å². The van der Waals surface area contributed by atoms with Crippen LogP contribution in [0.15, 0.2) is 84.0 Å². The molecule has 5 rings (SSSR count). The highest BCUT2D eigenvalue weighted by Crippen LogP contribution is 2.39. The number of nitrogens with zero attached hydrogens (tertiary/aromatic N) is 2. The van der Waals surface area contributed by atoms with Crippen molar-refractivity contribution < 1.29 is 23.1 Å². The molecule has 1 N–H and O–H groups in total. The number of carboxylic acid groups (broad SMARTS) is 1. The molecule has 0 aliphatic carbocycles. The van der Waals surface area contributed by atoms with Crippen molar-refractivity contribution in [2.75, 3.05) is 13.1 Å². The van der Waals surface area contributed by atoms with Crippen molar-refractivity contribution in [2.24, 2.45) is 5.92 Å². The van der Waals surface area contributed by atoms with Crippen molar-refractivity contribution in [3.63, 3.8) is 0 Å². The summed E-state index contributed by atoms with van der Waals surface area (Å²) in [5.41, 5.74) is 2.41. The summed E-state index contributed by atoms with van der Waals surface area (Å²) in [6, 6.07) is 19.2. The number of carboxylic acids is 1. The summed E-state index contributed by atoms with van der Waals surface area (Å²) in [4.78, 5) is 17.7. The molecular weight excluding hydrogens is 545 g/mol. The number of alkyl halides is 3. The number of hydrogen-bond acceptors (Lipinski definition) is 4. The summed E-state index contributed by atoms with van der Waals surface area (Å²) in [7, 11) is 0. The number of aromatic nitrogens is 1. The quantitative estimate of drug-likeness (QED) is 0.212. The second-order valence-corrected chi connectivity index (χ2v) is 12.3. The van der Waals surface area contributed by atoms with Gasteiger partial charge < -0.3 is 5.11 Å². The molecular formula is C33H33F3N2O2S. The van der Waals surface area contributed by atoms with Crippen LogP contribution in [0.4, 0.5) is 13.2 Å². The number of aliphatic carboxylic acids is 1. The minimum atomic E-state index is -4.42. The minimum Gasteiger partial charge on any atom is -0.481 e. The second kappa shape index (κ2) is 12.2. The van der Waals surface area contributed by atoms with Crippen LogP contribution in [0.25, 0.3) is 21.9 Å². The Morgan fingerprint density at radius 3 is 2.56 bits per heavy atom. The lowest BCUT2D eigenvalue weighted by Gasteiger charge is -2.33. The molecule has 0 amide bonds. The molecule has 2 unspecified atom stereocenters. The van der Waals surface area contributed by atoms with Gasteiger partial charge in [-0.05, 0) is 95.0 Å². The van der Waals surface area contributed by atoms with Crippen LogP contribution in [-0.2, 0) is 11.0 Å². The van der Waals surface area contributed by atoms with E-state index in [-0.39, 0.29) is 11.8 Å². The molecule has 4 nitrogen and oxygen atoms in total. The Bertz CT molecular complexity index is 1520. The third-order valence-corrected chi connectivity index (χ3v) is 8.80. The lowest BCUT2D eigenvalue weighted by Crippen LogP contribution is -2.29. The molecule has 214 valence electrons. The second-order valence-electron chi connectivity index (χ2n) is 11.2. The maximum atomic E-state index is 13.2. The fourth-order valence-corrected chi connectivity index (χ4v) is 6.77. The van der Waals surface area contributed by atoms with Gasteiger partial charge in [0.1, 0.15) is 0 Å². The smallest absolute Gasteiger partial charge is 0.416 e. The molecule has 1 aliphatic heterocycles.